The third kappa shape index (κ3) is 2.82. The number of aliphatic hydroxyl groups is 1. The lowest BCUT2D eigenvalue weighted by Crippen LogP contribution is -2.58. The summed E-state index contributed by atoms with van der Waals surface area (Å²) in [5.41, 5.74) is 0.229. The van der Waals surface area contributed by atoms with Gasteiger partial charge in [-0.3, -0.25) is 0 Å². The van der Waals surface area contributed by atoms with E-state index in [1.165, 1.54) is 0 Å². The Morgan fingerprint density at radius 3 is 2.35 bits per heavy atom. The average Bonchev–Trinajstić information content (AvgIpc) is 2.38. The van der Waals surface area contributed by atoms with E-state index >= 15 is 0 Å². The molecule has 2 aliphatic heterocycles. The zero-order valence-corrected chi connectivity index (χ0v) is 12.1. The molecule has 110 valence electrons. The van der Waals surface area contributed by atoms with Gasteiger partial charge in [-0.15, -0.1) is 0 Å². The first-order chi connectivity index (χ1) is 9.55. The first kappa shape index (κ1) is 13.9. The Bertz CT molecular complexity index is 445. The van der Waals surface area contributed by atoms with Crippen molar-refractivity contribution in [2.75, 3.05) is 13.2 Å². The number of piperidine rings is 1. The van der Waals surface area contributed by atoms with Crippen molar-refractivity contribution in [3.8, 4) is 5.75 Å². The molecule has 0 aromatic heterocycles. The lowest BCUT2D eigenvalue weighted by atomic mass is 9.78. The minimum atomic E-state index is -0.749. The molecule has 2 fully saturated rings. The number of hydrogen-bond donors (Lipinski definition) is 2. The molecule has 4 nitrogen and oxygen atoms in total. The summed E-state index contributed by atoms with van der Waals surface area (Å²) in [5, 5.41) is 14.5. The molecule has 0 radical (unpaired) electrons. The highest BCUT2D eigenvalue weighted by Crippen LogP contribution is 2.37. The third-order valence-corrected chi connectivity index (χ3v) is 4.04. The number of ether oxygens (including phenoxy) is 2. The molecule has 2 heterocycles. The van der Waals surface area contributed by atoms with Crippen molar-refractivity contribution in [2.45, 2.75) is 50.5 Å². The van der Waals surface area contributed by atoms with E-state index in [0.29, 0.717) is 26.1 Å². The van der Waals surface area contributed by atoms with Crippen LogP contribution in [0, 0.1) is 0 Å². The molecule has 4 heteroatoms. The second-order valence-electron chi connectivity index (χ2n) is 6.23. The Morgan fingerprint density at radius 1 is 1.20 bits per heavy atom. The molecule has 1 aromatic rings. The van der Waals surface area contributed by atoms with E-state index in [1.807, 2.05) is 38.1 Å². The number of nitrogens with one attached hydrogen (secondary N) is 1. The molecule has 2 bridgehead atoms. The number of rotatable bonds is 3. The summed E-state index contributed by atoms with van der Waals surface area (Å²) in [5.74, 6) is 0.852. The Labute approximate surface area is 120 Å². The van der Waals surface area contributed by atoms with Gasteiger partial charge in [0.05, 0.1) is 24.9 Å². The van der Waals surface area contributed by atoms with Crippen LogP contribution < -0.4 is 10.1 Å². The topological polar surface area (TPSA) is 50.7 Å². The maximum Gasteiger partial charge on any atom is 0.119 e. The lowest BCUT2D eigenvalue weighted by molar-refractivity contribution is -0.0802. The minimum absolute atomic E-state index is 0.166. The second-order valence-corrected chi connectivity index (χ2v) is 6.23. The Hall–Kier alpha value is -1.10. The van der Waals surface area contributed by atoms with Crippen LogP contribution in [0.15, 0.2) is 24.3 Å². The fourth-order valence-electron chi connectivity index (χ4n) is 3.27. The molecule has 2 N–H and O–H groups in total. The standard InChI is InChI=1S/C16H23NO3/c1-11(2)20-15-5-3-12(4-6-15)16(18)7-13-9-19-10-14(8-16)17-13/h3-6,11,13-14,17-18H,7-10H2,1-2H3. The van der Waals surface area contributed by atoms with E-state index in [1.54, 1.807) is 0 Å². The van der Waals surface area contributed by atoms with Gasteiger partial charge < -0.3 is 19.9 Å². The number of fused-ring (bicyclic) bond motifs is 2. The van der Waals surface area contributed by atoms with Crippen LogP contribution in [-0.2, 0) is 10.3 Å². The highest BCUT2D eigenvalue weighted by atomic mass is 16.5. The number of morpholine rings is 1. The van der Waals surface area contributed by atoms with Gasteiger partial charge in [-0.2, -0.15) is 0 Å². The van der Waals surface area contributed by atoms with Gasteiger partial charge >= 0.3 is 0 Å². The van der Waals surface area contributed by atoms with Gasteiger partial charge in [0.25, 0.3) is 0 Å². The van der Waals surface area contributed by atoms with Crippen LogP contribution in [-0.4, -0.2) is 36.5 Å². The van der Waals surface area contributed by atoms with Crippen LogP contribution in [0.5, 0.6) is 5.75 Å². The first-order valence-corrected chi connectivity index (χ1v) is 7.38. The smallest absolute Gasteiger partial charge is 0.119 e. The summed E-state index contributed by atoms with van der Waals surface area (Å²) >= 11 is 0. The zero-order chi connectivity index (χ0) is 14.2. The van der Waals surface area contributed by atoms with Crippen LogP contribution in [0.1, 0.15) is 32.3 Å². The van der Waals surface area contributed by atoms with E-state index in [-0.39, 0.29) is 18.2 Å². The van der Waals surface area contributed by atoms with Crippen molar-refractivity contribution in [3.63, 3.8) is 0 Å². The van der Waals surface area contributed by atoms with E-state index in [4.69, 9.17) is 9.47 Å². The van der Waals surface area contributed by atoms with E-state index in [2.05, 4.69) is 5.32 Å². The zero-order valence-electron chi connectivity index (χ0n) is 12.1. The van der Waals surface area contributed by atoms with Gasteiger partial charge in [0.15, 0.2) is 0 Å². The van der Waals surface area contributed by atoms with E-state index < -0.39 is 5.60 Å². The van der Waals surface area contributed by atoms with Crippen molar-refractivity contribution in [1.29, 1.82) is 0 Å². The van der Waals surface area contributed by atoms with Crippen LogP contribution in [0.4, 0.5) is 0 Å². The molecule has 2 aliphatic rings. The molecule has 0 aliphatic carbocycles. The maximum absolute atomic E-state index is 11.0. The van der Waals surface area contributed by atoms with Gasteiger partial charge in [0.2, 0.25) is 0 Å². The summed E-state index contributed by atoms with van der Waals surface area (Å²) in [4.78, 5) is 0. The Morgan fingerprint density at radius 2 is 1.80 bits per heavy atom. The van der Waals surface area contributed by atoms with Crippen molar-refractivity contribution in [1.82, 2.24) is 5.32 Å². The predicted octanol–water partition coefficient (Wildman–Crippen LogP) is 1.81. The molecule has 0 amide bonds. The highest BCUT2D eigenvalue weighted by molar-refractivity contribution is 5.32. The molecule has 3 rings (SSSR count). The monoisotopic (exact) mass is 277 g/mol. The average molecular weight is 277 g/mol. The summed E-state index contributed by atoms with van der Waals surface area (Å²) in [6, 6.07) is 8.36. The Kier molecular flexibility index (Phi) is 3.71. The lowest BCUT2D eigenvalue weighted by Gasteiger charge is -2.45. The van der Waals surface area contributed by atoms with Crippen molar-refractivity contribution >= 4 is 0 Å². The van der Waals surface area contributed by atoms with Gasteiger partial charge in [0, 0.05) is 12.1 Å². The Balaban J connectivity index is 1.77. The molecule has 20 heavy (non-hydrogen) atoms. The summed E-state index contributed by atoms with van der Waals surface area (Å²) in [6.07, 6.45) is 1.57. The maximum atomic E-state index is 11.0. The van der Waals surface area contributed by atoms with Gasteiger partial charge in [-0.1, -0.05) is 12.1 Å². The SMILES string of the molecule is CC(C)Oc1ccc(C2(O)CC3COCC(C2)N3)cc1. The minimum Gasteiger partial charge on any atom is -0.491 e. The highest BCUT2D eigenvalue weighted by Gasteiger charge is 2.42. The van der Waals surface area contributed by atoms with E-state index in [9.17, 15) is 5.11 Å². The fourth-order valence-corrected chi connectivity index (χ4v) is 3.27. The predicted molar refractivity (Wildman–Crippen MR) is 76.9 cm³/mol. The largest absolute Gasteiger partial charge is 0.491 e. The molecule has 0 spiro atoms. The van der Waals surface area contributed by atoms with Crippen LogP contribution in [0.3, 0.4) is 0 Å². The van der Waals surface area contributed by atoms with E-state index in [0.717, 1.165) is 11.3 Å². The molecule has 2 unspecified atom stereocenters. The van der Waals surface area contributed by atoms with Gasteiger partial charge in [0.1, 0.15) is 5.75 Å². The van der Waals surface area contributed by atoms with Gasteiger partial charge in [-0.05, 0) is 44.4 Å². The van der Waals surface area contributed by atoms with Crippen molar-refractivity contribution < 1.29 is 14.6 Å². The van der Waals surface area contributed by atoms with Crippen LogP contribution in [0.25, 0.3) is 0 Å². The molecule has 0 saturated carbocycles. The normalized spacial score (nSPS) is 33.2. The molecule has 2 atom stereocenters. The third-order valence-electron chi connectivity index (χ3n) is 4.04. The quantitative estimate of drug-likeness (QED) is 0.885. The summed E-state index contributed by atoms with van der Waals surface area (Å²) in [7, 11) is 0. The van der Waals surface area contributed by atoms with Crippen molar-refractivity contribution in [2.24, 2.45) is 0 Å². The molecular formula is C16H23NO3. The number of benzene rings is 1. The van der Waals surface area contributed by atoms with Crippen molar-refractivity contribution in [3.05, 3.63) is 29.8 Å². The first-order valence-electron chi connectivity index (χ1n) is 7.38. The fraction of sp³-hybridized carbons (Fsp3) is 0.625. The summed E-state index contributed by atoms with van der Waals surface area (Å²) in [6.45, 7) is 5.39. The molecule has 1 aromatic carbocycles. The summed E-state index contributed by atoms with van der Waals surface area (Å²) < 4.78 is 11.2. The van der Waals surface area contributed by atoms with Crippen LogP contribution in [0.2, 0.25) is 0 Å². The van der Waals surface area contributed by atoms with Crippen LogP contribution >= 0.6 is 0 Å². The molecule has 2 saturated heterocycles. The molecular weight excluding hydrogens is 254 g/mol. The second kappa shape index (κ2) is 5.35. The number of hydrogen-bond acceptors (Lipinski definition) is 4. The van der Waals surface area contributed by atoms with Gasteiger partial charge in [-0.25, -0.2) is 0 Å².